The third-order valence-corrected chi connectivity index (χ3v) is 2.14. The lowest BCUT2D eigenvalue weighted by Gasteiger charge is -2.15. The predicted octanol–water partition coefficient (Wildman–Crippen LogP) is 2.05. The monoisotopic (exact) mass is 218 g/mol. The highest BCUT2D eigenvalue weighted by atomic mass is 15.0. The molecule has 6 N–H and O–H groups in total. The van der Waals surface area contributed by atoms with E-state index in [1.165, 1.54) is 0 Å². The van der Waals surface area contributed by atoms with Crippen LogP contribution in [0, 0.1) is 0 Å². The van der Waals surface area contributed by atoms with Gasteiger partial charge in [-0.1, -0.05) is 12.2 Å². The van der Waals surface area contributed by atoms with E-state index < -0.39 is 0 Å². The van der Waals surface area contributed by atoms with Gasteiger partial charge in [0.05, 0.1) is 22.7 Å². The second-order valence-electron chi connectivity index (χ2n) is 3.33. The van der Waals surface area contributed by atoms with E-state index in [0.29, 0.717) is 24.5 Å². The van der Waals surface area contributed by atoms with Crippen molar-refractivity contribution in [3.63, 3.8) is 0 Å². The van der Waals surface area contributed by atoms with Crippen LogP contribution in [0.2, 0.25) is 0 Å². The molecule has 0 bridgehead atoms. The molecule has 0 amide bonds. The Hall–Kier alpha value is -2.10. The summed E-state index contributed by atoms with van der Waals surface area (Å²) in [6.07, 6.45) is 3.55. The summed E-state index contributed by atoms with van der Waals surface area (Å²) in [7, 11) is 0. The van der Waals surface area contributed by atoms with Crippen molar-refractivity contribution in [2.75, 3.05) is 35.2 Å². The number of anilines is 4. The van der Waals surface area contributed by atoms with Gasteiger partial charge in [-0.3, -0.25) is 0 Å². The maximum Gasteiger partial charge on any atom is 0.0833 e. The van der Waals surface area contributed by atoms with Crippen LogP contribution in [0.4, 0.5) is 22.7 Å². The number of nitrogens with one attached hydrogen (secondary N) is 2. The van der Waals surface area contributed by atoms with Crippen molar-refractivity contribution < 1.29 is 0 Å². The number of rotatable bonds is 6. The second kappa shape index (κ2) is 5.70. The smallest absolute Gasteiger partial charge is 0.0833 e. The zero-order valence-corrected chi connectivity index (χ0v) is 9.29. The van der Waals surface area contributed by atoms with E-state index in [1.54, 1.807) is 18.2 Å². The average molecular weight is 218 g/mol. The fourth-order valence-corrected chi connectivity index (χ4v) is 1.33. The third-order valence-electron chi connectivity index (χ3n) is 2.14. The van der Waals surface area contributed by atoms with Gasteiger partial charge in [-0.15, -0.1) is 13.2 Å². The van der Waals surface area contributed by atoms with Gasteiger partial charge in [-0.2, -0.15) is 0 Å². The Morgan fingerprint density at radius 3 is 2.31 bits per heavy atom. The van der Waals surface area contributed by atoms with Crippen LogP contribution in [0.5, 0.6) is 0 Å². The maximum atomic E-state index is 5.91. The summed E-state index contributed by atoms with van der Waals surface area (Å²) in [4.78, 5) is 0. The fourth-order valence-electron chi connectivity index (χ4n) is 1.33. The van der Waals surface area contributed by atoms with Crippen molar-refractivity contribution in [2.24, 2.45) is 0 Å². The van der Waals surface area contributed by atoms with E-state index in [4.69, 9.17) is 11.5 Å². The topological polar surface area (TPSA) is 76.1 Å². The van der Waals surface area contributed by atoms with Crippen molar-refractivity contribution in [1.82, 2.24) is 0 Å². The van der Waals surface area contributed by atoms with E-state index in [-0.39, 0.29) is 0 Å². The highest BCUT2D eigenvalue weighted by Gasteiger charge is 2.07. The summed E-state index contributed by atoms with van der Waals surface area (Å²) in [5.41, 5.74) is 14.5. The van der Waals surface area contributed by atoms with Crippen LogP contribution in [-0.4, -0.2) is 13.1 Å². The molecule has 86 valence electrons. The summed E-state index contributed by atoms with van der Waals surface area (Å²) < 4.78 is 0. The van der Waals surface area contributed by atoms with Gasteiger partial charge in [0.25, 0.3) is 0 Å². The zero-order chi connectivity index (χ0) is 12.0. The molecule has 1 aromatic rings. The molecule has 0 aromatic heterocycles. The molecule has 0 aliphatic heterocycles. The number of nitrogens with two attached hydrogens (primary N) is 2. The number of benzene rings is 1. The molecule has 1 aromatic carbocycles. The van der Waals surface area contributed by atoms with E-state index >= 15 is 0 Å². The Bertz CT molecular complexity index is 385. The van der Waals surface area contributed by atoms with Crippen LogP contribution in [0.25, 0.3) is 0 Å². The van der Waals surface area contributed by atoms with E-state index in [2.05, 4.69) is 23.8 Å². The molecule has 0 aliphatic carbocycles. The predicted molar refractivity (Wildman–Crippen MR) is 72.6 cm³/mol. The summed E-state index contributed by atoms with van der Waals surface area (Å²) in [5.74, 6) is 0. The van der Waals surface area contributed by atoms with Crippen molar-refractivity contribution in [3.05, 3.63) is 37.4 Å². The molecule has 0 heterocycles. The van der Waals surface area contributed by atoms with Gasteiger partial charge in [0, 0.05) is 13.1 Å². The highest BCUT2D eigenvalue weighted by Crippen LogP contribution is 2.32. The minimum absolute atomic E-state index is 0.552. The lowest BCUT2D eigenvalue weighted by molar-refractivity contribution is 1.30. The molecule has 0 radical (unpaired) electrons. The lowest BCUT2D eigenvalue weighted by Crippen LogP contribution is -2.09. The van der Waals surface area contributed by atoms with Gasteiger partial charge in [-0.25, -0.2) is 0 Å². The van der Waals surface area contributed by atoms with Crippen molar-refractivity contribution in [3.8, 4) is 0 Å². The molecule has 0 saturated heterocycles. The molecule has 4 heteroatoms. The third kappa shape index (κ3) is 2.70. The van der Waals surface area contributed by atoms with Gasteiger partial charge >= 0.3 is 0 Å². The van der Waals surface area contributed by atoms with Crippen LogP contribution in [0.3, 0.4) is 0 Å². The number of hydrogen-bond acceptors (Lipinski definition) is 4. The number of nitrogen functional groups attached to an aromatic ring is 2. The highest BCUT2D eigenvalue weighted by molar-refractivity contribution is 5.88. The van der Waals surface area contributed by atoms with Crippen LogP contribution in [0.1, 0.15) is 0 Å². The molecular weight excluding hydrogens is 200 g/mol. The molecule has 0 spiro atoms. The normalized spacial score (nSPS) is 9.50. The van der Waals surface area contributed by atoms with Crippen molar-refractivity contribution in [2.45, 2.75) is 0 Å². The summed E-state index contributed by atoms with van der Waals surface area (Å²) in [6.45, 7) is 8.61. The largest absolute Gasteiger partial charge is 0.397 e. The molecule has 0 aliphatic rings. The van der Waals surface area contributed by atoms with E-state index in [0.717, 1.165) is 11.4 Å². The van der Waals surface area contributed by atoms with Crippen LogP contribution >= 0.6 is 0 Å². The fraction of sp³-hybridized carbons (Fsp3) is 0.167. The van der Waals surface area contributed by atoms with Gasteiger partial charge in [0.1, 0.15) is 0 Å². The Balaban J connectivity index is 3.00. The first-order valence-corrected chi connectivity index (χ1v) is 5.08. The number of hydrogen-bond donors (Lipinski definition) is 4. The Morgan fingerprint density at radius 1 is 1.06 bits per heavy atom. The Morgan fingerprint density at radius 2 is 1.69 bits per heavy atom. The first-order valence-electron chi connectivity index (χ1n) is 5.08. The van der Waals surface area contributed by atoms with Gasteiger partial charge in [0.15, 0.2) is 0 Å². The van der Waals surface area contributed by atoms with Crippen LogP contribution in [-0.2, 0) is 0 Å². The molecule has 4 nitrogen and oxygen atoms in total. The zero-order valence-electron chi connectivity index (χ0n) is 9.29. The SMILES string of the molecule is C=CCNc1ccc(N)c(N)c1NCC=C. The summed E-state index contributed by atoms with van der Waals surface area (Å²) in [5, 5.41) is 6.35. The average Bonchev–Trinajstić information content (AvgIpc) is 2.29. The van der Waals surface area contributed by atoms with Crippen LogP contribution < -0.4 is 22.1 Å². The molecule has 0 fully saturated rings. The molecule has 1 rings (SSSR count). The quantitative estimate of drug-likeness (QED) is 0.435. The lowest BCUT2D eigenvalue weighted by atomic mass is 10.2. The first-order chi connectivity index (χ1) is 7.70. The molecule has 0 atom stereocenters. The van der Waals surface area contributed by atoms with Crippen molar-refractivity contribution in [1.29, 1.82) is 0 Å². The van der Waals surface area contributed by atoms with Gasteiger partial charge in [0.2, 0.25) is 0 Å². The Kier molecular flexibility index (Phi) is 4.27. The minimum atomic E-state index is 0.552. The molecule has 16 heavy (non-hydrogen) atoms. The minimum Gasteiger partial charge on any atom is -0.397 e. The summed E-state index contributed by atoms with van der Waals surface area (Å²) in [6, 6.07) is 3.67. The second-order valence-corrected chi connectivity index (χ2v) is 3.33. The standard InChI is InChI=1S/C12H18N4/c1-3-7-15-10-6-5-9(13)11(14)12(10)16-8-4-2/h3-6,15-16H,1-2,7-8,13-14H2. The molecule has 0 unspecified atom stereocenters. The summed E-state index contributed by atoms with van der Waals surface area (Å²) >= 11 is 0. The van der Waals surface area contributed by atoms with E-state index in [9.17, 15) is 0 Å². The van der Waals surface area contributed by atoms with Gasteiger partial charge < -0.3 is 22.1 Å². The molecular formula is C12H18N4. The maximum absolute atomic E-state index is 5.91. The van der Waals surface area contributed by atoms with Crippen LogP contribution in [0.15, 0.2) is 37.4 Å². The first kappa shape index (κ1) is 12.0. The molecule has 0 saturated carbocycles. The Labute approximate surface area is 96.0 Å². The van der Waals surface area contributed by atoms with E-state index in [1.807, 2.05) is 6.07 Å². The van der Waals surface area contributed by atoms with Crippen molar-refractivity contribution >= 4 is 22.7 Å². The van der Waals surface area contributed by atoms with Gasteiger partial charge in [-0.05, 0) is 12.1 Å².